The third-order valence-electron chi connectivity index (χ3n) is 6.76. The van der Waals surface area contributed by atoms with Crippen molar-refractivity contribution in [2.24, 2.45) is 0 Å². The number of carboxylic acids is 1. The summed E-state index contributed by atoms with van der Waals surface area (Å²) >= 11 is 0. The molecule has 1 amide bonds. The Labute approximate surface area is 225 Å². The molecule has 4 aromatic rings. The zero-order valence-electron chi connectivity index (χ0n) is 21.8. The first-order valence-electron chi connectivity index (χ1n) is 12.5. The summed E-state index contributed by atoms with van der Waals surface area (Å²) in [7, 11) is 1.73. The van der Waals surface area contributed by atoms with Crippen molar-refractivity contribution in [2.75, 3.05) is 30.0 Å². The van der Waals surface area contributed by atoms with Gasteiger partial charge in [0.2, 0.25) is 0 Å². The highest BCUT2D eigenvalue weighted by Gasteiger charge is 2.30. The number of aromatic nitrogens is 2. The lowest BCUT2D eigenvalue weighted by molar-refractivity contribution is 0.0696. The van der Waals surface area contributed by atoms with Gasteiger partial charge in [-0.3, -0.25) is 4.79 Å². The number of aromatic carboxylic acids is 1. The van der Waals surface area contributed by atoms with E-state index in [2.05, 4.69) is 9.97 Å². The van der Waals surface area contributed by atoms with E-state index in [0.717, 1.165) is 22.9 Å². The molecule has 198 valence electrons. The number of hydrogen-bond acceptors (Lipinski definition) is 6. The molecule has 0 spiro atoms. The third kappa shape index (κ3) is 4.90. The van der Waals surface area contributed by atoms with Gasteiger partial charge in [0.05, 0.1) is 23.4 Å². The molecule has 9 heteroatoms. The van der Waals surface area contributed by atoms with Crippen molar-refractivity contribution in [1.29, 1.82) is 0 Å². The fourth-order valence-electron chi connectivity index (χ4n) is 4.70. The molecule has 2 aromatic carbocycles. The van der Waals surface area contributed by atoms with E-state index in [0.29, 0.717) is 48.1 Å². The molecular weight excluding hydrogens is 499 g/mol. The number of pyridine rings is 2. The van der Waals surface area contributed by atoms with Gasteiger partial charge in [0, 0.05) is 38.0 Å². The lowest BCUT2D eigenvalue weighted by Gasteiger charge is -2.22. The van der Waals surface area contributed by atoms with E-state index in [-0.39, 0.29) is 17.0 Å². The number of halogens is 1. The van der Waals surface area contributed by atoms with E-state index >= 15 is 0 Å². The number of nitrogens with zero attached hydrogens (tertiary/aromatic N) is 4. The van der Waals surface area contributed by atoms with E-state index in [4.69, 9.17) is 4.74 Å². The Kier molecular flexibility index (Phi) is 6.98. The minimum atomic E-state index is -1.11. The summed E-state index contributed by atoms with van der Waals surface area (Å²) in [6.45, 7) is 4.79. The Morgan fingerprint density at radius 1 is 1.05 bits per heavy atom. The molecule has 1 N–H and O–H groups in total. The Morgan fingerprint density at radius 2 is 1.87 bits per heavy atom. The first-order chi connectivity index (χ1) is 18.8. The lowest BCUT2D eigenvalue weighted by atomic mass is 10.0. The van der Waals surface area contributed by atoms with Gasteiger partial charge in [0.15, 0.2) is 5.82 Å². The molecule has 0 radical (unpaired) electrons. The number of hydrogen-bond donors (Lipinski definition) is 1. The number of carboxylic acid groups (broad SMARTS) is 1. The summed E-state index contributed by atoms with van der Waals surface area (Å²) in [6.07, 6.45) is 3.97. The van der Waals surface area contributed by atoms with Crippen molar-refractivity contribution in [2.45, 2.75) is 20.3 Å². The van der Waals surface area contributed by atoms with E-state index < -0.39 is 11.8 Å². The van der Waals surface area contributed by atoms with Crippen LogP contribution in [0.5, 0.6) is 5.75 Å². The van der Waals surface area contributed by atoms with E-state index in [1.54, 1.807) is 48.6 Å². The Balaban J connectivity index is 1.33. The van der Waals surface area contributed by atoms with E-state index in [9.17, 15) is 19.1 Å². The first kappa shape index (κ1) is 25.8. The fraction of sp³-hybridized carbons (Fsp3) is 0.200. The molecule has 0 bridgehead atoms. The first-order valence-corrected chi connectivity index (χ1v) is 12.5. The highest BCUT2D eigenvalue weighted by atomic mass is 19.1. The Bertz CT molecular complexity index is 1590. The molecule has 0 unspecified atom stereocenters. The van der Waals surface area contributed by atoms with Crippen molar-refractivity contribution < 1.29 is 23.8 Å². The van der Waals surface area contributed by atoms with Crippen molar-refractivity contribution in [1.82, 2.24) is 9.97 Å². The number of carbonyl (C=O) groups is 2. The van der Waals surface area contributed by atoms with Gasteiger partial charge in [-0.05, 0) is 79.1 Å². The van der Waals surface area contributed by atoms with Crippen LogP contribution in [0.15, 0.2) is 67.0 Å². The van der Waals surface area contributed by atoms with Crippen LogP contribution in [0.25, 0.3) is 11.1 Å². The van der Waals surface area contributed by atoms with Crippen molar-refractivity contribution in [3.8, 4) is 16.9 Å². The maximum atomic E-state index is 14.4. The quantitative estimate of drug-likeness (QED) is 0.332. The smallest absolute Gasteiger partial charge is 0.335 e. The zero-order valence-corrected chi connectivity index (χ0v) is 21.8. The number of anilines is 3. The van der Waals surface area contributed by atoms with Gasteiger partial charge in [-0.1, -0.05) is 6.07 Å². The number of benzene rings is 2. The zero-order chi connectivity index (χ0) is 27.7. The SMILES string of the molecule is CCN1c2ncc(CCOc3ccc(-c4cc(C(=O)O)ccc4F)cc3C)cc2C(=O)N(C)c2cccnc21. The summed E-state index contributed by atoms with van der Waals surface area (Å²) in [5, 5.41) is 9.24. The molecule has 3 heterocycles. The van der Waals surface area contributed by atoms with Gasteiger partial charge in [0.1, 0.15) is 17.4 Å². The summed E-state index contributed by atoms with van der Waals surface area (Å²) in [6, 6.07) is 14.5. The summed E-state index contributed by atoms with van der Waals surface area (Å²) in [5.41, 5.74) is 3.66. The second-order valence-electron chi connectivity index (χ2n) is 9.25. The molecule has 8 nitrogen and oxygen atoms in total. The van der Waals surface area contributed by atoms with Gasteiger partial charge in [0.25, 0.3) is 5.91 Å². The predicted octanol–water partition coefficient (Wildman–Crippen LogP) is 5.66. The van der Waals surface area contributed by atoms with Crippen LogP contribution < -0.4 is 14.5 Å². The lowest BCUT2D eigenvalue weighted by Crippen LogP contribution is -2.25. The predicted molar refractivity (Wildman–Crippen MR) is 147 cm³/mol. The standard InChI is InChI=1S/C30H27FN4O4/c1-4-35-27-23(29(36)34(3)25-6-5-12-32-28(25)35)15-19(17-33-27)11-13-39-26-10-8-20(14-18(26)2)22-16-21(30(37)38)7-9-24(22)31/h5-10,12,14-17H,4,11,13H2,1-3H3,(H,37,38). The number of rotatable bonds is 7. The highest BCUT2D eigenvalue weighted by Crippen LogP contribution is 2.37. The van der Waals surface area contributed by atoms with Gasteiger partial charge in [-0.15, -0.1) is 0 Å². The van der Waals surface area contributed by atoms with Crippen LogP contribution in [0.3, 0.4) is 0 Å². The van der Waals surface area contributed by atoms with E-state index in [1.165, 1.54) is 12.1 Å². The molecule has 1 aliphatic rings. The van der Waals surface area contributed by atoms with E-state index in [1.807, 2.05) is 30.9 Å². The van der Waals surface area contributed by atoms with Gasteiger partial charge < -0.3 is 19.6 Å². The number of carbonyl (C=O) groups excluding carboxylic acids is 1. The number of aryl methyl sites for hydroxylation is 1. The topological polar surface area (TPSA) is 95.9 Å². The number of amides is 1. The molecular formula is C30H27FN4O4. The van der Waals surface area contributed by atoms with Crippen molar-refractivity contribution in [3.05, 3.63) is 95.1 Å². The van der Waals surface area contributed by atoms with Crippen LogP contribution >= 0.6 is 0 Å². The van der Waals surface area contributed by atoms with Crippen molar-refractivity contribution in [3.63, 3.8) is 0 Å². The van der Waals surface area contributed by atoms with Crippen LogP contribution in [0, 0.1) is 12.7 Å². The molecule has 0 fully saturated rings. The number of ether oxygens (including phenoxy) is 1. The van der Waals surface area contributed by atoms with Crippen molar-refractivity contribution >= 4 is 29.2 Å². The molecule has 5 rings (SSSR count). The molecule has 1 aliphatic heterocycles. The third-order valence-corrected chi connectivity index (χ3v) is 6.76. The summed E-state index contributed by atoms with van der Waals surface area (Å²) < 4.78 is 20.4. The summed E-state index contributed by atoms with van der Waals surface area (Å²) in [5.74, 6) is 0.122. The highest BCUT2D eigenvalue weighted by molar-refractivity contribution is 6.12. The Morgan fingerprint density at radius 3 is 2.62 bits per heavy atom. The van der Waals surface area contributed by atoms with Crippen LogP contribution in [0.1, 0.15) is 38.8 Å². The van der Waals surface area contributed by atoms with Gasteiger partial charge in [-0.2, -0.15) is 0 Å². The number of fused-ring (bicyclic) bond motifs is 2. The minimum Gasteiger partial charge on any atom is -0.493 e. The van der Waals surface area contributed by atoms with Crippen LogP contribution in [-0.2, 0) is 6.42 Å². The molecule has 0 atom stereocenters. The normalized spacial score (nSPS) is 12.6. The molecule has 0 saturated carbocycles. The monoisotopic (exact) mass is 526 g/mol. The van der Waals surface area contributed by atoms with Crippen LogP contribution in [0.4, 0.5) is 21.7 Å². The molecule has 0 aliphatic carbocycles. The average Bonchev–Trinajstić information content (AvgIpc) is 3.02. The van der Waals surface area contributed by atoms with Crippen LogP contribution in [-0.4, -0.2) is 47.2 Å². The molecule has 2 aromatic heterocycles. The van der Waals surface area contributed by atoms with Gasteiger partial charge >= 0.3 is 5.97 Å². The Hall–Kier alpha value is -4.79. The van der Waals surface area contributed by atoms with Gasteiger partial charge in [-0.25, -0.2) is 19.2 Å². The van der Waals surface area contributed by atoms with Crippen LogP contribution in [0.2, 0.25) is 0 Å². The molecule has 39 heavy (non-hydrogen) atoms. The minimum absolute atomic E-state index is 0.0191. The molecule has 0 saturated heterocycles. The fourth-order valence-corrected chi connectivity index (χ4v) is 4.70. The maximum Gasteiger partial charge on any atom is 0.335 e. The second kappa shape index (κ2) is 10.5. The largest absolute Gasteiger partial charge is 0.493 e. The summed E-state index contributed by atoms with van der Waals surface area (Å²) in [4.78, 5) is 37.3. The average molecular weight is 527 g/mol. The second-order valence-corrected chi connectivity index (χ2v) is 9.25. The maximum absolute atomic E-state index is 14.4.